The van der Waals surface area contributed by atoms with E-state index in [-0.39, 0.29) is 5.84 Å². The minimum Gasteiger partial charge on any atom is -0.386 e. The SMILES string of the molecule is C=C[C@@]1(c2c(F)ccc([N+](=O)[O-])c2F)CS(=O)(=O)C(C)(C)C(N)=N1. The molecule has 130 valence electrons. The van der Waals surface area contributed by atoms with Crippen molar-refractivity contribution in [3.8, 4) is 0 Å². The van der Waals surface area contributed by atoms with Gasteiger partial charge in [0, 0.05) is 6.07 Å². The fraction of sp³-hybridized carbons (Fsp3) is 0.357. The Balaban J connectivity index is 2.88. The van der Waals surface area contributed by atoms with E-state index in [1.807, 2.05) is 0 Å². The zero-order valence-electron chi connectivity index (χ0n) is 12.9. The van der Waals surface area contributed by atoms with Crippen molar-refractivity contribution < 1.29 is 22.1 Å². The van der Waals surface area contributed by atoms with Crippen LogP contribution in [-0.2, 0) is 15.4 Å². The van der Waals surface area contributed by atoms with Crippen molar-refractivity contribution in [2.24, 2.45) is 10.7 Å². The lowest BCUT2D eigenvalue weighted by Crippen LogP contribution is -2.55. The summed E-state index contributed by atoms with van der Waals surface area (Å²) >= 11 is 0. The van der Waals surface area contributed by atoms with Crippen LogP contribution in [0.4, 0.5) is 14.5 Å². The number of hydrogen-bond donors (Lipinski definition) is 1. The van der Waals surface area contributed by atoms with Gasteiger partial charge in [0.2, 0.25) is 5.82 Å². The molecular weight excluding hydrogens is 344 g/mol. The Morgan fingerprint density at radius 3 is 2.46 bits per heavy atom. The second-order valence-corrected chi connectivity index (χ2v) is 8.45. The number of aliphatic imine (C=N–C) groups is 1. The maximum absolute atomic E-state index is 14.5. The Labute approximate surface area is 137 Å². The van der Waals surface area contributed by atoms with Crippen LogP contribution in [0.5, 0.6) is 0 Å². The zero-order valence-corrected chi connectivity index (χ0v) is 13.7. The van der Waals surface area contributed by atoms with Gasteiger partial charge in [-0.1, -0.05) is 6.08 Å². The van der Waals surface area contributed by atoms with Crippen LogP contribution < -0.4 is 5.73 Å². The van der Waals surface area contributed by atoms with Crippen LogP contribution in [0.3, 0.4) is 0 Å². The summed E-state index contributed by atoms with van der Waals surface area (Å²) in [5.41, 5.74) is 1.77. The van der Waals surface area contributed by atoms with Gasteiger partial charge in [0.25, 0.3) is 0 Å². The minimum atomic E-state index is -3.97. The van der Waals surface area contributed by atoms with Crippen molar-refractivity contribution in [2.45, 2.75) is 24.1 Å². The smallest absolute Gasteiger partial charge is 0.305 e. The first-order valence-corrected chi connectivity index (χ1v) is 8.39. The molecule has 0 bridgehead atoms. The number of sulfone groups is 1. The fourth-order valence-corrected chi connectivity index (χ4v) is 4.06. The van der Waals surface area contributed by atoms with Gasteiger partial charge in [-0.05, 0) is 19.9 Å². The molecule has 0 saturated carbocycles. The van der Waals surface area contributed by atoms with E-state index in [4.69, 9.17) is 5.73 Å². The van der Waals surface area contributed by atoms with E-state index in [2.05, 4.69) is 11.6 Å². The third-order valence-corrected chi connectivity index (χ3v) is 6.75. The van der Waals surface area contributed by atoms with E-state index < -0.39 is 53.7 Å². The molecule has 0 unspecified atom stereocenters. The first-order valence-electron chi connectivity index (χ1n) is 6.74. The van der Waals surface area contributed by atoms with Crippen LogP contribution in [0.2, 0.25) is 0 Å². The van der Waals surface area contributed by atoms with Gasteiger partial charge in [0.1, 0.15) is 21.9 Å². The predicted octanol–water partition coefficient (Wildman–Crippen LogP) is 1.82. The molecule has 0 fully saturated rings. The van der Waals surface area contributed by atoms with Crippen LogP contribution in [0, 0.1) is 21.7 Å². The molecule has 0 radical (unpaired) electrons. The number of halogens is 2. The Morgan fingerprint density at radius 1 is 1.42 bits per heavy atom. The van der Waals surface area contributed by atoms with Gasteiger partial charge in [-0.15, -0.1) is 6.58 Å². The number of nitro groups is 1. The highest BCUT2D eigenvalue weighted by atomic mass is 32.2. The maximum atomic E-state index is 14.5. The number of benzene rings is 1. The monoisotopic (exact) mass is 359 g/mol. The normalized spacial score (nSPS) is 24.9. The number of amidine groups is 1. The number of nitrogens with two attached hydrogens (primary N) is 1. The topological polar surface area (TPSA) is 116 Å². The molecule has 7 nitrogen and oxygen atoms in total. The molecular formula is C14H15F2N3O4S. The molecule has 1 aromatic carbocycles. The zero-order chi connectivity index (χ0) is 18.5. The highest BCUT2D eigenvalue weighted by Gasteiger charge is 2.52. The summed E-state index contributed by atoms with van der Waals surface area (Å²) in [6, 6.07) is 1.33. The largest absolute Gasteiger partial charge is 0.386 e. The van der Waals surface area contributed by atoms with E-state index in [1.54, 1.807) is 0 Å². The molecule has 2 N–H and O–H groups in total. The number of hydrogen-bond acceptors (Lipinski definition) is 6. The van der Waals surface area contributed by atoms with Gasteiger partial charge in [0.15, 0.2) is 9.84 Å². The number of nitrogens with zero attached hydrogens (tertiary/aromatic N) is 2. The molecule has 10 heteroatoms. The summed E-state index contributed by atoms with van der Waals surface area (Å²) < 4.78 is 52.3. The van der Waals surface area contributed by atoms with Crippen molar-refractivity contribution in [1.29, 1.82) is 0 Å². The molecule has 0 spiro atoms. The van der Waals surface area contributed by atoms with Crippen LogP contribution in [0.15, 0.2) is 29.8 Å². The Hall–Kier alpha value is -2.36. The lowest BCUT2D eigenvalue weighted by molar-refractivity contribution is -0.387. The molecule has 1 aliphatic rings. The number of nitro benzene ring substituents is 1. The minimum absolute atomic E-state index is 0.362. The summed E-state index contributed by atoms with van der Waals surface area (Å²) in [5.74, 6) is -3.86. The fourth-order valence-electron chi connectivity index (χ4n) is 2.43. The van der Waals surface area contributed by atoms with Crippen molar-refractivity contribution in [1.82, 2.24) is 0 Å². The average molecular weight is 359 g/mol. The lowest BCUT2D eigenvalue weighted by atomic mass is 9.90. The Morgan fingerprint density at radius 2 is 2.00 bits per heavy atom. The molecule has 0 aromatic heterocycles. The molecule has 0 aliphatic carbocycles. The van der Waals surface area contributed by atoms with E-state index in [0.29, 0.717) is 12.1 Å². The summed E-state index contributed by atoms with van der Waals surface area (Å²) in [6.07, 6.45) is 0.928. The molecule has 24 heavy (non-hydrogen) atoms. The van der Waals surface area contributed by atoms with Gasteiger partial charge in [-0.2, -0.15) is 4.39 Å². The first-order chi connectivity index (χ1) is 10.9. The maximum Gasteiger partial charge on any atom is 0.305 e. The van der Waals surface area contributed by atoms with Crippen LogP contribution in [-0.4, -0.2) is 29.7 Å². The molecule has 2 rings (SSSR count). The molecule has 0 amide bonds. The van der Waals surface area contributed by atoms with Crippen molar-refractivity contribution in [3.63, 3.8) is 0 Å². The van der Waals surface area contributed by atoms with Gasteiger partial charge in [-0.25, -0.2) is 12.8 Å². The van der Waals surface area contributed by atoms with E-state index in [1.165, 1.54) is 13.8 Å². The van der Waals surface area contributed by atoms with Crippen LogP contribution >= 0.6 is 0 Å². The Bertz CT molecular complexity index is 880. The standard InChI is InChI=1S/C14H15F2N3O4S/c1-4-14(7-24(22,23)13(2,3)12(17)18-14)10-8(15)5-6-9(11(10)16)19(20)21/h4-6H,1,7H2,2-3H3,(H2,17,18)/t14-/m0/s1. The second-order valence-electron chi connectivity index (χ2n) is 5.91. The number of rotatable bonds is 3. The third kappa shape index (κ3) is 2.37. The summed E-state index contributed by atoms with van der Waals surface area (Å²) in [7, 11) is -3.97. The summed E-state index contributed by atoms with van der Waals surface area (Å²) in [6.45, 7) is 6.03. The van der Waals surface area contributed by atoms with Gasteiger partial charge in [0.05, 0.1) is 16.2 Å². The summed E-state index contributed by atoms with van der Waals surface area (Å²) in [4.78, 5) is 13.8. The van der Waals surface area contributed by atoms with Crippen LogP contribution in [0.1, 0.15) is 19.4 Å². The first kappa shape index (κ1) is 18.0. The molecule has 1 aliphatic heterocycles. The highest BCUT2D eigenvalue weighted by molar-refractivity contribution is 7.93. The van der Waals surface area contributed by atoms with Crippen molar-refractivity contribution in [2.75, 3.05) is 5.75 Å². The van der Waals surface area contributed by atoms with Gasteiger partial charge in [-0.3, -0.25) is 15.1 Å². The van der Waals surface area contributed by atoms with E-state index in [9.17, 15) is 27.3 Å². The third-order valence-electron chi connectivity index (χ3n) is 4.16. The van der Waals surface area contributed by atoms with Crippen LogP contribution in [0.25, 0.3) is 0 Å². The molecule has 1 atom stereocenters. The Kier molecular flexibility index (Phi) is 4.00. The van der Waals surface area contributed by atoms with Gasteiger partial charge >= 0.3 is 5.69 Å². The van der Waals surface area contributed by atoms with E-state index >= 15 is 0 Å². The highest BCUT2D eigenvalue weighted by Crippen LogP contribution is 2.41. The van der Waals surface area contributed by atoms with E-state index in [0.717, 1.165) is 6.08 Å². The van der Waals surface area contributed by atoms with Gasteiger partial charge < -0.3 is 5.73 Å². The molecule has 1 heterocycles. The van der Waals surface area contributed by atoms with Crippen molar-refractivity contribution >= 4 is 21.4 Å². The second kappa shape index (κ2) is 5.33. The van der Waals surface area contributed by atoms with Crippen molar-refractivity contribution in [3.05, 3.63) is 52.1 Å². The molecule has 1 aromatic rings. The predicted molar refractivity (Wildman–Crippen MR) is 84.4 cm³/mol. The average Bonchev–Trinajstić information content (AvgIpc) is 2.44. The quantitative estimate of drug-likeness (QED) is 0.502. The molecule has 0 saturated heterocycles. The summed E-state index contributed by atoms with van der Waals surface area (Å²) in [5, 5.41) is 10.9. The lowest BCUT2D eigenvalue weighted by Gasteiger charge is -2.38.